The van der Waals surface area contributed by atoms with E-state index in [2.05, 4.69) is 45.7 Å². The number of nitrogens with two attached hydrogens (primary N) is 1. The molecular weight excluding hydrogens is 818 g/mol. The molecule has 6 aliphatic rings. The molecule has 2 bridgehead atoms. The minimum atomic E-state index is -0.575. The van der Waals surface area contributed by atoms with Gasteiger partial charge < -0.3 is 44.5 Å². The number of phenols is 1. The van der Waals surface area contributed by atoms with Gasteiger partial charge in [0.2, 0.25) is 5.91 Å². The van der Waals surface area contributed by atoms with E-state index in [1.54, 1.807) is 29.3 Å². The SMILES string of the molecule is Nc1nnc(-c2ccccc2O)cc1N1C[C@H]2CC[C@@H](C1)N2c1ccc(F)c(N2CCC(CN3CCC4(CC3)OCC(n3ccc5cc(N6CCC(=O)NC6=O)cnc53)CO4)CC2)c1. The molecule has 2 atom stereocenters. The number of para-hydroxylation sites is 1. The molecule has 0 unspecified atom stereocenters. The fraction of sp³-hybridized carbons (Fsp3) is 0.468. The summed E-state index contributed by atoms with van der Waals surface area (Å²) in [6, 6.07) is 18.7. The van der Waals surface area contributed by atoms with Crippen molar-refractivity contribution >= 4 is 51.5 Å². The number of imide groups is 1. The van der Waals surface area contributed by atoms with Crippen molar-refractivity contribution in [3.63, 3.8) is 0 Å². The Kier molecular flexibility index (Phi) is 10.5. The molecule has 6 fully saturated rings. The number of carbonyl (C=O) groups is 2. The predicted molar refractivity (Wildman–Crippen MR) is 241 cm³/mol. The van der Waals surface area contributed by atoms with Gasteiger partial charge in [-0.25, -0.2) is 14.2 Å². The second kappa shape index (κ2) is 16.5. The van der Waals surface area contributed by atoms with E-state index in [0.717, 1.165) is 107 Å². The average Bonchev–Trinajstić information content (AvgIpc) is 3.85. The van der Waals surface area contributed by atoms with E-state index in [9.17, 15) is 14.7 Å². The third-order valence-corrected chi connectivity index (χ3v) is 14.5. The van der Waals surface area contributed by atoms with Crippen LogP contribution in [0.1, 0.15) is 51.0 Å². The van der Waals surface area contributed by atoms with Crippen LogP contribution in [0.5, 0.6) is 5.75 Å². The highest BCUT2D eigenvalue weighted by Crippen LogP contribution is 2.41. The molecule has 16 nitrogen and oxygen atoms in total. The number of anilines is 5. The monoisotopic (exact) mass is 871 g/mol. The number of benzene rings is 2. The molecule has 6 saturated heterocycles. The fourth-order valence-electron chi connectivity index (χ4n) is 11.0. The first-order chi connectivity index (χ1) is 31.2. The molecule has 3 aromatic heterocycles. The summed E-state index contributed by atoms with van der Waals surface area (Å²) in [5, 5.41) is 22.3. The molecule has 334 valence electrons. The third-order valence-electron chi connectivity index (χ3n) is 14.5. The largest absolute Gasteiger partial charge is 0.507 e. The van der Waals surface area contributed by atoms with E-state index >= 15 is 4.39 Å². The highest BCUT2D eigenvalue weighted by atomic mass is 19.1. The molecule has 17 heteroatoms. The number of likely N-dealkylation sites (tertiary alicyclic amines) is 1. The Morgan fingerprint density at radius 1 is 0.828 bits per heavy atom. The number of nitrogens with one attached hydrogen (secondary N) is 1. The van der Waals surface area contributed by atoms with Crippen LogP contribution in [0.2, 0.25) is 0 Å². The number of ether oxygens (including phenoxy) is 2. The zero-order valence-corrected chi connectivity index (χ0v) is 35.8. The molecule has 11 rings (SSSR count). The number of nitrogen functional groups attached to an aromatic ring is 1. The maximum absolute atomic E-state index is 15.6. The van der Waals surface area contributed by atoms with Gasteiger partial charge in [-0.3, -0.25) is 15.0 Å². The van der Waals surface area contributed by atoms with E-state index < -0.39 is 11.8 Å². The molecule has 9 heterocycles. The first-order valence-electron chi connectivity index (χ1n) is 22.7. The smallest absolute Gasteiger partial charge is 0.328 e. The number of pyridine rings is 1. The maximum atomic E-state index is 15.6. The molecule has 3 amide bonds. The number of nitrogens with zero attached hydrogens (tertiary/aromatic N) is 9. The van der Waals surface area contributed by atoms with E-state index in [0.29, 0.717) is 54.1 Å². The summed E-state index contributed by atoms with van der Waals surface area (Å²) in [6.45, 7) is 7.39. The van der Waals surface area contributed by atoms with Gasteiger partial charge in [0.1, 0.15) is 17.2 Å². The number of halogens is 1. The van der Waals surface area contributed by atoms with Gasteiger partial charge in [0, 0.05) is 107 Å². The molecule has 2 aromatic carbocycles. The topological polar surface area (TPSA) is 171 Å². The maximum Gasteiger partial charge on any atom is 0.328 e. The number of hydrogen-bond donors (Lipinski definition) is 3. The molecule has 64 heavy (non-hydrogen) atoms. The third kappa shape index (κ3) is 7.62. The van der Waals surface area contributed by atoms with Crippen LogP contribution in [-0.2, 0) is 14.3 Å². The van der Waals surface area contributed by atoms with Gasteiger partial charge in [0.25, 0.3) is 0 Å². The van der Waals surface area contributed by atoms with Crippen LogP contribution in [0.3, 0.4) is 0 Å². The molecule has 0 radical (unpaired) electrons. The van der Waals surface area contributed by atoms with Crippen LogP contribution in [0, 0.1) is 11.7 Å². The van der Waals surface area contributed by atoms with Crippen molar-refractivity contribution in [3.05, 3.63) is 78.9 Å². The summed E-state index contributed by atoms with van der Waals surface area (Å²) in [4.78, 5) is 39.8. The Bertz CT molecular complexity index is 2550. The highest BCUT2D eigenvalue weighted by molar-refractivity contribution is 6.06. The number of piperazine rings is 1. The number of rotatable bonds is 8. The van der Waals surface area contributed by atoms with Gasteiger partial charge in [-0.05, 0) is 80.1 Å². The number of hydrogen-bond acceptors (Lipinski definition) is 13. The lowest BCUT2D eigenvalue weighted by atomic mass is 9.94. The number of aromatic nitrogens is 4. The van der Waals surface area contributed by atoms with Gasteiger partial charge >= 0.3 is 6.03 Å². The van der Waals surface area contributed by atoms with E-state index in [4.69, 9.17) is 20.2 Å². The normalized spacial score (nSPS) is 23.4. The number of aromatic hydroxyl groups is 1. The second-order valence-electron chi connectivity index (χ2n) is 18.4. The standard InChI is InChI=1S/C47H54FN11O5/c48-38-8-7-32(59-33-5-6-34(59)27-56(26-33)41-23-39(52-53-44(41)49)37-3-1-2-4-42(37)60)22-40(38)55-15-9-30(10-16-55)25-54-19-13-47(14-20-54)63-28-36(29-64-47)57-17-11-31-21-35(24-50-45(31)57)58-18-12-43(61)51-46(58)62/h1-4,7-8,11,17,21-24,30,33-34,36,60H,5-6,9-10,12-16,18-20,25-29H2,(H2,49,53)(H,51,61,62)/t33-,34+. The van der Waals surface area contributed by atoms with Crippen LogP contribution in [0.25, 0.3) is 22.3 Å². The first-order valence-corrected chi connectivity index (χ1v) is 22.7. The molecule has 6 aliphatic heterocycles. The summed E-state index contributed by atoms with van der Waals surface area (Å²) in [5.41, 5.74) is 11.6. The quantitative estimate of drug-likeness (QED) is 0.178. The van der Waals surface area contributed by atoms with Gasteiger partial charge in [-0.1, -0.05) is 12.1 Å². The summed E-state index contributed by atoms with van der Waals surface area (Å²) in [7, 11) is 0. The van der Waals surface area contributed by atoms with Crippen LogP contribution in [-0.4, -0.2) is 125 Å². The molecule has 4 N–H and O–H groups in total. The zero-order chi connectivity index (χ0) is 43.5. The lowest BCUT2D eigenvalue weighted by Gasteiger charge is -2.46. The fourth-order valence-corrected chi connectivity index (χ4v) is 11.0. The van der Waals surface area contributed by atoms with Gasteiger partial charge in [0.15, 0.2) is 11.6 Å². The van der Waals surface area contributed by atoms with Crippen LogP contribution >= 0.6 is 0 Å². The lowest BCUT2D eigenvalue weighted by molar-refractivity contribution is -0.295. The Balaban J connectivity index is 0.664. The van der Waals surface area contributed by atoms with Crippen LogP contribution in [0.15, 0.2) is 73.1 Å². The highest BCUT2D eigenvalue weighted by Gasteiger charge is 2.43. The minimum absolute atomic E-state index is 0.0199. The lowest BCUT2D eigenvalue weighted by Crippen LogP contribution is -2.54. The summed E-state index contributed by atoms with van der Waals surface area (Å²) in [5.74, 6) is 0.0567. The molecule has 1 spiro atoms. The number of amides is 3. The number of carbonyl (C=O) groups excluding carboxylic acids is 2. The number of piperidine rings is 2. The Labute approximate surface area is 370 Å². The Morgan fingerprint density at radius 3 is 2.34 bits per heavy atom. The zero-order valence-electron chi connectivity index (χ0n) is 35.8. The van der Waals surface area contributed by atoms with Gasteiger partial charge in [0.05, 0.1) is 48.2 Å². The molecule has 0 aliphatic carbocycles. The van der Waals surface area contributed by atoms with Crippen molar-refractivity contribution in [1.29, 1.82) is 0 Å². The number of urea groups is 1. The number of fused-ring (bicyclic) bond motifs is 3. The van der Waals surface area contributed by atoms with Crippen molar-refractivity contribution in [1.82, 2.24) is 30.0 Å². The summed E-state index contributed by atoms with van der Waals surface area (Å²) >= 11 is 0. The van der Waals surface area contributed by atoms with E-state index in [1.807, 2.05) is 42.6 Å². The Hall–Kier alpha value is -6.04. The Morgan fingerprint density at radius 2 is 1.59 bits per heavy atom. The minimum Gasteiger partial charge on any atom is -0.507 e. The first kappa shape index (κ1) is 40.7. The van der Waals surface area contributed by atoms with Crippen LogP contribution in [0.4, 0.5) is 37.8 Å². The second-order valence-corrected chi connectivity index (χ2v) is 18.4. The van der Waals surface area contributed by atoms with Gasteiger partial charge in [-0.15, -0.1) is 10.2 Å². The summed E-state index contributed by atoms with van der Waals surface area (Å²) in [6.07, 6.45) is 9.67. The van der Waals surface area contributed by atoms with Crippen molar-refractivity contribution in [3.8, 4) is 17.0 Å². The molecular formula is C47H54FN11O5. The van der Waals surface area contributed by atoms with E-state index in [-0.39, 0.29) is 42.0 Å². The molecule has 5 aromatic rings. The van der Waals surface area contributed by atoms with Crippen LogP contribution < -0.4 is 30.7 Å². The van der Waals surface area contributed by atoms with Crippen molar-refractivity contribution in [2.24, 2.45) is 5.92 Å². The van der Waals surface area contributed by atoms with Crippen molar-refractivity contribution in [2.75, 3.05) is 90.9 Å². The number of phenolic OH excluding ortho intramolecular Hbond substituents is 1. The van der Waals surface area contributed by atoms with Crippen molar-refractivity contribution < 1.29 is 28.6 Å². The predicted octanol–water partition coefficient (Wildman–Crippen LogP) is 5.52. The van der Waals surface area contributed by atoms with Crippen molar-refractivity contribution in [2.45, 2.75) is 68.9 Å². The molecule has 0 saturated carbocycles. The van der Waals surface area contributed by atoms with Gasteiger partial charge in [-0.2, -0.15) is 0 Å². The van der Waals surface area contributed by atoms with E-state index in [1.165, 1.54) is 0 Å². The average molecular weight is 872 g/mol. The summed E-state index contributed by atoms with van der Waals surface area (Å²) < 4.78 is 30.7.